The summed E-state index contributed by atoms with van der Waals surface area (Å²) in [6, 6.07) is 12.5. The number of aromatic nitrogens is 1. The van der Waals surface area contributed by atoms with Gasteiger partial charge in [-0.2, -0.15) is 0 Å². The van der Waals surface area contributed by atoms with Crippen molar-refractivity contribution in [3.63, 3.8) is 0 Å². The maximum Gasteiger partial charge on any atom is 0.230 e. The van der Waals surface area contributed by atoms with Crippen LogP contribution < -0.4 is 10.2 Å². The maximum atomic E-state index is 12.2. The number of thioether (sulfide) groups is 1. The first-order valence-electron chi connectivity index (χ1n) is 10.6. The largest absolute Gasteiger partial charge is 0.372 e. The van der Waals surface area contributed by atoms with Crippen LogP contribution in [0.15, 0.2) is 47.5 Å². The molecular formula is C24H33N3O2S. The summed E-state index contributed by atoms with van der Waals surface area (Å²) in [5.74, 6) is 1.39. The minimum Gasteiger partial charge on any atom is -0.372 e. The van der Waals surface area contributed by atoms with Crippen LogP contribution in [-0.4, -0.2) is 41.9 Å². The standard InChI is InChI=1S/C24H33N3O2S/c1-17-14-27(15-18(2)29-17)22-11-6-19(12-25-22)13-26-23(28)16-30-21-9-7-20(8-10-21)24(3,4)5/h6-12,17-18H,13-16H2,1-5H3,(H,26,28). The van der Waals surface area contributed by atoms with Crippen molar-refractivity contribution in [3.05, 3.63) is 53.7 Å². The summed E-state index contributed by atoms with van der Waals surface area (Å²) in [5.41, 5.74) is 2.44. The third-order valence-corrected chi connectivity index (χ3v) is 6.14. The third kappa shape index (κ3) is 6.47. The van der Waals surface area contributed by atoms with Crippen LogP contribution in [0.5, 0.6) is 0 Å². The van der Waals surface area contributed by atoms with Crippen molar-refractivity contribution in [2.24, 2.45) is 0 Å². The highest BCUT2D eigenvalue weighted by molar-refractivity contribution is 8.00. The van der Waals surface area contributed by atoms with E-state index in [-0.39, 0.29) is 23.5 Å². The van der Waals surface area contributed by atoms with Crippen LogP contribution in [0.2, 0.25) is 0 Å². The summed E-state index contributed by atoms with van der Waals surface area (Å²) in [6.45, 7) is 13.0. The highest BCUT2D eigenvalue weighted by atomic mass is 32.2. The molecule has 6 heteroatoms. The molecule has 30 heavy (non-hydrogen) atoms. The van der Waals surface area contributed by atoms with E-state index in [2.05, 4.69) is 74.1 Å². The first-order valence-corrected chi connectivity index (χ1v) is 11.5. The van der Waals surface area contributed by atoms with Gasteiger partial charge in [-0.15, -0.1) is 11.8 Å². The van der Waals surface area contributed by atoms with Crippen LogP contribution >= 0.6 is 11.8 Å². The number of carbonyl (C=O) groups excluding carboxylic acids is 1. The van der Waals surface area contributed by atoms with Gasteiger partial charge in [-0.1, -0.05) is 39.0 Å². The fourth-order valence-electron chi connectivity index (χ4n) is 3.52. The lowest BCUT2D eigenvalue weighted by Crippen LogP contribution is -2.45. The smallest absolute Gasteiger partial charge is 0.230 e. The Balaban J connectivity index is 1.44. The predicted octanol–water partition coefficient (Wildman–Crippen LogP) is 4.40. The van der Waals surface area contributed by atoms with Crippen LogP contribution in [0.25, 0.3) is 0 Å². The molecule has 1 aromatic carbocycles. The Morgan fingerprint density at radius 1 is 1.13 bits per heavy atom. The lowest BCUT2D eigenvalue weighted by molar-refractivity contribution is -0.118. The predicted molar refractivity (Wildman–Crippen MR) is 124 cm³/mol. The lowest BCUT2D eigenvalue weighted by Gasteiger charge is -2.36. The number of nitrogens with one attached hydrogen (secondary N) is 1. The first kappa shape index (κ1) is 22.6. The number of amides is 1. The molecule has 5 nitrogen and oxygen atoms in total. The van der Waals surface area contributed by atoms with Gasteiger partial charge in [0.2, 0.25) is 5.91 Å². The molecule has 1 saturated heterocycles. The lowest BCUT2D eigenvalue weighted by atomic mass is 9.87. The normalized spacial score (nSPS) is 19.6. The van der Waals surface area contributed by atoms with E-state index in [0.29, 0.717) is 12.3 Å². The molecule has 0 radical (unpaired) electrons. The number of ether oxygens (including phenoxy) is 1. The van der Waals surface area contributed by atoms with Gasteiger partial charge in [0.1, 0.15) is 5.82 Å². The summed E-state index contributed by atoms with van der Waals surface area (Å²) >= 11 is 1.56. The summed E-state index contributed by atoms with van der Waals surface area (Å²) in [5, 5.41) is 2.98. The van der Waals surface area contributed by atoms with Crippen LogP contribution in [0.3, 0.4) is 0 Å². The van der Waals surface area contributed by atoms with Crippen molar-refractivity contribution in [1.82, 2.24) is 10.3 Å². The molecule has 3 rings (SSSR count). The van der Waals surface area contributed by atoms with E-state index < -0.39 is 0 Å². The molecule has 1 aliphatic heterocycles. The molecule has 0 aliphatic carbocycles. The number of morpholine rings is 1. The fourth-order valence-corrected chi connectivity index (χ4v) is 4.25. The fraction of sp³-hybridized carbons (Fsp3) is 0.500. The molecule has 0 spiro atoms. The van der Waals surface area contributed by atoms with E-state index in [1.165, 1.54) is 5.56 Å². The Morgan fingerprint density at radius 3 is 2.37 bits per heavy atom. The quantitative estimate of drug-likeness (QED) is 0.693. The second kappa shape index (κ2) is 9.84. The number of anilines is 1. The molecule has 0 saturated carbocycles. The molecule has 0 bridgehead atoms. The molecule has 162 valence electrons. The molecule has 1 aliphatic rings. The molecule has 1 amide bonds. The van der Waals surface area contributed by atoms with E-state index in [9.17, 15) is 4.79 Å². The zero-order valence-electron chi connectivity index (χ0n) is 18.6. The average Bonchev–Trinajstić information content (AvgIpc) is 2.70. The molecule has 1 aromatic heterocycles. The van der Waals surface area contributed by atoms with Gasteiger partial charge in [-0.05, 0) is 48.6 Å². The molecule has 1 N–H and O–H groups in total. The van der Waals surface area contributed by atoms with E-state index in [1.807, 2.05) is 18.3 Å². The van der Waals surface area contributed by atoms with Gasteiger partial charge in [0.15, 0.2) is 0 Å². The number of pyridine rings is 1. The van der Waals surface area contributed by atoms with Crippen molar-refractivity contribution in [3.8, 4) is 0 Å². The van der Waals surface area contributed by atoms with Crippen LogP contribution in [0.4, 0.5) is 5.82 Å². The van der Waals surface area contributed by atoms with E-state index in [1.54, 1.807) is 11.8 Å². The van der Waals surface area contributed by atoms with Crippen LogP contribution in [0.1, 0.15) is 45.7 Å². The van der Waals surface area contributed by atoms with Gasteiger partial charge in [0.25, 0.3) is 0 Å². The summed E-state index contributed by atoms with van der Waals surface area (Å²) in [7, 11) is 0. The summed E-state index contributed by atoms with van der Waals surface area (Å²) < 4.78 is 5.78. The van der Waals surface area contributed by atoms with Gasteiger partial charge in [-0.3, -0.25) is 4.79 Å². The number of nitrogens with zero attached hydrogens (tertiary/aromatic N) is 2. The molecule has 1 fully saturated rings. The number of carbonyl (C=O) groups is 1. The van der Waals surface area contributed by atoms with Crippen molar-refractivity contribution in [2.75, 3.05) is 23.7 Å². The second-order valence-corrected chi connectivity index (χ2v) is 10.1. The Labute approximate surface area is 184 Å². The highest BCUT2D eigenvalue weighted by Gasteiger charge is 2.23. The maximum absolute atomic E-state index is 12.2. The number of hydrogen-bond acceptors (Lipinski definition) is 5. The average molecular weight is 428 g/mol. The SMILES string of the molecule is CC1CN(c2ccc(CNC(=O)CSc3ccc(C(C)(C)C)cc3)cn2)CC(C)O1. The Morgan fingerprint density at radius 2 is 1.80 bits per heavy atom. The molecular weight excluding hydrogens is 394 g/mol. The number of rotatable bonds is 6. The monoisotopic (exact) mass is 427 g/mol. The topological polar surface area (TPSA) is 54.5 Å². The van der Waals surface area contributed by atoms with Crippen molar-refractivity contribution < 1.29 is 9.53 Å². The van der Waals surface area contributed by atoms with Gasteiger partial charge in [0.05, 0.1) is 18.0 Å². The summed E-state index contributed by atoms with van der Waals surface area (Å²) in [4.78, 5) is 20.2. The van der Waals surface area contributed by atoms with Crippen molar-refractivity contribution in [1.29, 1.82) is 0 Å². The van der Waals surface area contributed by atoms with Crippen LogP contribution in [0, 0.1) is 0 Å². The molecule has 2 atom stereocenters. The van der Waals surface area contributed by atoms with Gasteiger partial charge < -0.3 is 15.0 Å². The minimum absolute atomic E-state index is 0.0276. The van der Waals surface area contributed by atoms with Gasteiger partial charge in [-0.25, -0.2) is 4.98 Å². The number of benzene rings is 1. The van der Waals surface area contributed by atoms with Crippen molar-refractivity contribution >= 4 is 23.5 Å². The zero-order chi connectivity index (χ0) is 21.7. The highest BCUT2D eigenvalue weighted by Crippen LogP contribution is 2.25. The zero-order valence-corrected chi connectivity index (χ0v) is 19.5. The second-order valence-electron chi connectivity index (χ2n) is 9.03. The summed E-state index contributed by atoms with van der Waals surface area (Å²) in [6.07, 6.45) is 2.26. The molecule has 2 heterocycles. The number of hydrogen-bond donors (Lipinski definition) is 1. The third-order valence-electron chi connectivity index (χ3n) is 5.13. The minimum atomic E-state index is 0.0276. The van der Waals surface area contributed by atoms with Gasteiger partial charge in [0, 0.05) is 30.7 Å². The van der Waals surface area contributed by atoms with E-state index in [0.717, 1.165) is 29.4 Å². The van der Waals surface area contributed by atoms with Crippen molar-refractivity contribution in [2.45, 2.75) is 63.7 Å². The Kier molecular flexibility index (Phi) is 7.42. The van der Waals surface area contributed by atoms with Crippen LogP contribution in [-0.2, 0) is 21.5 Å². The van der Waals surface area contributed by atoms with E-state index >= 15 is 0 Å². The molecule has 2 aromatic rings. The van der Waals surface area contributed by atoms with E-state index in [4.69, 9.17) is 4.74 Å². The first-order chi connectivity index (χ1) is 14.2. The molecule has 2 unspecified atom stereocenters. The van der Waals surface area contributed by atoms with Gasteiger partial charge >= 0.3 is 0 Å². The Hall–Kier alpha value is -2.05. The Bertz CT molecular complexity index is 821.